The SMILES string of the molecule is CCCCS(=O)(=O)O.c1ccsc1. The number of hydrogen-bond donors (Lipinski definition) is 1. The van der Waals surface area contributed by atoms with Crippen LogP contribution in [0.2, 0.25) is 0 Å². The lowest BCUT2D eigenvalue weighted by Gasteiger charge is -1.90. The minimum Gasteiger partial charge on any atom is -0.286 e. The highest BCUT2D eigenvalue weighted by Gasteiger charge is 2.00. The van der Waals surface area contributed by atoms with Gasteiger partial charge in [0.25, 0.3) is 10.1 Å². The van der Waals surface area contributed by atoms with Crippen LogP contribution in [0.5, 0.6) is 0 Å². The maximum atomic E-state index is 9.95. The average molecular weight is 222 g/mol. The molecular formula is C8H14O3S2. The van der Waals surface area contributed by atoms with Crippen LogP contribution >= 0.6 is 11.3 Å². The van der Waals surface area contributed by atoms with E-state index in [2.05, 4.69) is 0 Å². The Bertz CT molecular complexity index is 259. The zero-order valence-electron chi connectivity index (χ0n) is 7.51. The second-order valence-electron chi connectivity index (χ2n) is 2.43. The van der Waals surface area contributed by atoms with Crippen molar-refractivity contribution in [2.24, 2.45) is 0 Å². The molecule has 1 heterocycles. The molecule has 0 bridgehead atoms. The number of unbranched alkanes of at least 4 members (excludes halogenated alkanes) is 1. The molecule has 1 aromatic rings. The molecule has 1 aromatic heterocycles. The van der Waals surface area contributed by atoms with E-state index in [1.54, 1.807) is 11.3 Å². The van der Waals surface area contributed by atoms with Gasteiger partial charge in [-0.1, -0.05) is 25.5 Å². The van der Waals surface area contributed by atoms with Crippen molar-refractivity contribution < 1.29 is 13.0 Å². The van der Waals surface area contributed by atoms with Crippen molar-refractivity contribution in [2.75, 3.05) is 5.75 Å². The molecule has 1 N–H and O–H groups in total. The molecule has 0 spiro atoms. The molecule has 0 unspecified atom stereocenters. The van der Waals surface area contributed by atoms with Crippen LogP contribution in [-0.2, 0) is 10.1 Å². The van der Waals surface area contributed by atoms with E-state index in [0.717, 1.165) is 6.42 Å². The zero-order valence-corrected chi connectivity index (χ0v) is 9.14. The first-order chi connectivity index (χ1) is 6.06. The predicted octanol–water partition coefficient (Wildman–Crippen LogP) is 2.42. The molecular weight excluding hydrogens is 208 g/mol. The third-order valence-corrected chi connectivity index (χ3v) is 2.61. The smallest absolute Gasteiger partial charge is 0.264 e. The van der Waals surface area contributed by atoms with Gasteiger partial charge in [0.15, 0.2) is 0 Å². The maximum absolute atomic E-state index is 9.95. The molecule has 0 saturated heterocycles. The monoisotopic (exact) mass is 222 g/mol. The summed E-state index contributed by atoms with van der Waals surface area (Å²) in [5, 5.41) is 4.08. The largest absolute Gasteiger partial charge is 0.286 e. The van der Waals surface area contributed by atoms with Gasteiger partial charge in [0.2, 0.25) is 0 Å². The second-order valence-corrected chi connectivity index (χ2v) is 4.82. The molecule has 0 aliphatic rings. The highest BCUT2D eigenvalue weighted by atomic mass is 32.2. The molecule has 0 fully saturated rings. The van der Waals surface area contributed by atoms with Gasteiger partial charge in [-0.25, -0.2) is 0 Å². The average Bonchev–Trinajstić information content (AvgIpc) is 2.56. The van der Waals surface area contributed by atoms with Crippen molar-refractivity contribution in [3.63, 3.8) is 0 Å². The van der Waals surface area contributed by atoms with Crippen LogP contribution in [0.3, 0.4) is 0 Å². The summed E-state index contributed by atoms with van der Waals surface area (Å²) in [5.41, 5.74) is 0. The Morgan fingerprint density at radius 2 is 1.85 bits per heavy atom. The third-order valence-electron chi connectivity index (χ3n) is 1.18. The van der Waals surface area contributed by atoms with Gasteiger partial charge in [0, 0.05) is 0 Å². The van der Waals surface area contributed by atoms with Crippen LogP contribution in [0.4, 0.5) is 0 Å². The van der Waals surface area contributed by atoms with Crippen molar-refractivity contribution in [1.29, 1.82) is 0 Å². The Kier molecular flexibility index (Phi) is 6.84. The first-order valence-electron chi connectivity index (χ1n) is 3.98. The summed E-state index contributed by atoms with van der Waals surface area (Å²) in [7, 11) is -3.69. The molecule has 0 amide bonds. The summed E-state index contributed by atoms with van der Waals surface area (Å²) in [4.78, 5) is 0. The van der Waals surface area contributed by atoms with Gasteiger partial charge in [-0.2, -0.15) is 19.8 Å². The van der Waals surface area contributed by atoms with Crippen molar-refractivity contribution in [1.82, 2.24) is 0 Å². The van der Waals surface area contributed by atoms with Crippen molar-refractivity contribution >= 4 is 21.5 Å². The van der Waals surface area contributed by atoms with Crippen LogP contribution in [0, 0.1) is 0 Å². The lowest BCUT2D eigenvalue weighted by atomic mass is 10.4. The van der Waals surface area contributed by atoms with E-state index >= 15 is 0 Å². The number of thiophene rings is 1. The first-order valence-corrected chi connectivity index (χ1v) is 6.54. The molecule has 0 atom stereocenters. The van der Waals surface area contributed by atoms with Gasteiger partial charge < -0.3 is 0 Å². The van der Waals surface area contributed by atoms with E-state index in [1.807, 2.05) is 29.8 Å². The van der Waals surface area contributed by atoms with Gasteiger partial charge in [-0.15, -0.1) is 0 Å². The maximum Gasteiger partial charge on any atom is 0.264 e. The van der Waals surface area contributed by atoms with Crippen molar-refractivity contribution in [2.45, 2.75) is 19.8 Å². The third kappa shape index (κ3) is 11.6. The summed E-state index contributed by atoms with van der Waals surface area (Å²) in [5.74, 6) is -0.108. The Morgan fingerprint density at radius 3 is 2.00 bits per heavy atom. The molecule has 0 saturated carbocycles. The summed E-state index contributed by atoms with van der Waals surface area (Å²) < 4.78 is 28.0. The molecule has 0 aliphatic heterocycles. The van der Waals surface area contributed by atoms with Crippen LogP contribution in [-0.4, -0.2) is 18.7 Å². The quantitative estimate of drug-likeness (QED) is 0.799. The lowest BCUT2D eigenvalue weighted by molar-refractivity contribution is 0.480. The van der Waals surface area contributed by atoms with Crippen LogP contribution in [0.1, 0.15) is 19.8 Å². The minimum atomic E-state index is -3.69. The van der Waals surface area contributed by atoms with Crippen molar-refractivity contribution in [3.05, 3.63) is 22.9 Å². The van der Waals surface area contributed by atoms with Gasteiger partial charge in [-0.05, 0) is 17.2 Å². The summed E-state index contributed by atoms with van der Waals surface area (Å²) in [6.45, 7) is 1.87. The highest BCUT2D eigenvalue weighted by Crippen LogP contribution is 1.91. The standard InChI is InChI=1S/C4H10O3S.C4H4S/c1-2-3-4-8(5,6)7;1-2-4-5-3-1/h2-4H2,1H3,(H,5,6,7);1-4H. The van der Waals surface area contributed by atoms with Gasteiger partial charge in [0.1, 0.15) is 0 Å². The van der Waals surface area contributed by atoms with Crippen LogP contribution in [0.25, 0.3) is 0 Å². The summed E-state index contributed by atoms with van der Waals surface area (Å²) in [6, 6.07) is 4.04. The number of hydrogen-bond acceptors (Lipinski definition) is 3. The van der Waals surface area contributed by atoms with E-state index in [9.17, 15) is 8.42 Å². The van der Waals surface area contributed by atoms with E-state index in [-0.39, 0.29) is 5.75 Å². The topological polar surface area (TPSA) is 54.4 Å². The number of rotatable bonds is 3. The van der Waals surface area contributed by atoms with E-state index < -0.39 is 10.1 Å². The van der Waals surface area contributed by atoms with E-state index in [0.29, 0.717) is 6.42 Å². The van der Waals surface area contributed by atoms with E-state index in [1.165, 1.54) is 0 Å². The fraction of sp³-hybridized carbons (Fsp3) is 0.500. The summed E-state index contributed by atoms with van der Waals surface area (Å²) in [6.07, 6.45) is 1.33. The molecule has 0 radical (unpaired) electrons. The molecule has 0 aromatic carbocycles. The van der Waals surface area contributed by atoms with Gasteiger partial charge >= 0.3 is 0 Å². The minimum absolute atomic E-state index is 0.108. The zero-order chi connectivity index (χ0) is 10.2. The molecule has 76 valence electrons. The Balaban J connectivity index is 0.000000243. The Labute approximate surface area is 83.2 Å². The normalized spacial score (nSPS) is 10.3. The van der Waals surface area contributed by atoms with Crippen LogP contribution < -0.4 is 0 Å². The molecule has 3 nitrogen and oxygen atoms in total. The van der Waals surface area contributed by atoms with Crippen LogP contribution in [0.15, 0.2) is 22.9 Å². The van der Waals surface area contributed by atoms with Gasteiger partial charge in [0.05, 0.1) is 5.75 Å². The van der Waals surface area contributed by atoms with E-state index in [4.69, 9.17) is 4.55 Å². The Hall–Kier alpha value is -0.390. The molecule has 0 aliphatic carbocycles. The Morgan fingerprint density at radius 1 is 1.31 bits per heavy atom. The summed E-state index contributed by atoms with van der Waals surface area (Å²) >= 11 is 1.71. The molecule has 1 rings (SSSR count). The van der Waals surface area contributed by atoms with Gasteiger partial charge in [-0.3, -0.25) is 4.55 Å². The van der Waals surface area contributed by atoms with Crippen molar-refractivity contribution in [3.8, 4) is 0 Å². The highest BCUT2D eigenvalue weighted by molar-refractivity contribution is 7.85. The lowest BCUT2D eigenvalue weighted by Crippen LogP contribution is -2.02. The fourth-order valence-electron chi connectivity index (χ4n) is 0.554. The fourth-order valence-corrected chi connectivity index (χ4v) is 1.66. The first kappa shape index (κ1) is 12.6. The second kappa shape index (κ2) is 7.06. The molecule has 5 heteroatoms. The molecule has 13 heavy (non-hydrogen) atoms. The predicted molar refractivity (Wildman–Crippen MR) is 55.6 cm³/mol.